The first-order chi connectivity index (χ1) is 15.9. The van der Waals surface area contributed by atoms with Crippen molar-refractivity contribution >= 4 is 23.7 Å². The second-order valence-electron chi connectivity index (χ2n) is 7.72. The van der Waals surface area contributed by atoms with Gasteiger partial charge in [-0.15, -0.1) is 0 Å². The zero-order valence-corrected chi connectivity index (χ0v) is 18.6. The van der Waals surface area contributed by atoms with Gasteiger partial charge in [0, 0.05) is 25.5 Å². The van der Waals surface area contributed by atoms with Crippen LogP contribution in [0.4, 0.5) is 8.78 Å². The van der Waals surface area contributed by atoms with Crippen LogP contribution in [0.2, 0.25) is 0 Å². The normalized spacial score (nSPS) is 18.9. The number of carbonyl (C=O) groups is 2. The Morgan fingerprint density at radius 2 is 2.09 bits per heavy atom. The third-order valence-electron chi connectivity index (χ3n) is 5.31. The Morgan fingerprint density at radius 1 is 1.27 bits per heavy atom. The predicted octanol–water partition coefficient (Wildman–Crippen LogP) is 2.62. The van der Waals surface area contributed by atoms with Crippen LogP contribution in [0, 0.1) is 0 Å². The fourth-order valence-electron chi connectivity index (χ4n) is 3.58. The Bertz CT molecular complexity index is 962. The van der Waals surface area contributed by atoms with Crippen molar-refractivity contribution in [2.24, 2.45) is 0 Å². The maximum Gasteiger partial charge on any atom is 0.295 e. The molecule has 3 rings (SSSR count). The molecule has 1 amide bonds. The first kappa shape index (κ1) is 24.7. The Balaban J connectivity index is 1.87. The molecular weight excluding hydrogens is 438 g/mol. The van der Waals surface area contributed by atoms with Crippen molar-refractivity contribution in [3.63, 3.8) is 0 Å². The summed E-state index contributed by atoms with van der Waals surface area (Å²) in [5.74, 6) is -2.99. The fraction of sp³-hybridized carbons (Fsp3) is 0.545. The van der Waals surface area contributed by atoms with Crippen molar-refractivity contribution in [1.29, 1.82) is 0 Å². The smallest absolute Gasteiger partial charge is 0.295 e. The molecule has 0 aliphatic carbocycles. The number of aromatic nitrogens is 2. The van der Waals surface area contributed by atoms with Gasteiger partial charge in [0.1, 0.15) is 18.1 Å². The van der Waals surface area contributed by atoms with Crippen LogP contribution in [0.1, 0.15) is 38.3 Å². The number of nitrogens with zero attached hydrogens (tertiary/aromatic N) is 3. The van der Waals surface area contributed by atoms with Crippen LogP contribution < -0.4 is 14.8 Å². The molecule has 0 bridgehead atoms. The third kappa shape index (κ3) is 6.11. The topological polar surface area (TPSA) is 103 Å². The molecule has 0 unspecified atom stereocenters. The van der Waals surface area contributed by atoms with Crippen LogP contribution in [-0.4, -0.2) is 66.7 Å². The van der Waals surface area contributed by atoms with Gasteiger partial charge in [-0.05, 0) is 18.6 Å². The van der Waals surface area contributed by atoms with Crippen LogP contribution >= 0.6 is 0 Å². The summed E-state index contributed by atoms with van der Waals surface area (Å²) in [7, 11) is 1.50. The Labute approximate surface area is 190 Å². The minimum absolute atomic E-state index is 0.158. The van der Waals surface area contributed by atoms with Gasteiger partial charge in [0.25, 0.3) is 5.92 Å². The van der Waals surface area contributed by atoms with E-state index >= 15 is 8.78 Å². The zero-order chi connectivity index (χ0) is 23.8. The lowest BCUT2D eigenvalue weighted by Crippen LogP contribution is -2.34. The average molecular weight is 466 g/mol. The molecule has 1 aromatic carbocycles. The highest BCUT2D eigenvalue weighted by molar-refractivity contribution is 5.77. The number of hydrogen-bond donors (Lipinski definition) is 1. The van der Waals surface area contributed by atoms with Gasteiger partial charge in [0.15, 0.2) is 5.69 Å². The highest BCUT2D eigenvalue weighted by Gasteiger charge is 2.40. The SMILES string of the molecule is CCCCC(F)(F)c1nc2ccc(OC)cc2nc1O[C@@H]1C[C@@H](C=O)N(OCCNC=O)C1. The number of aldehydes is 1. The lowest BCUT2D eigenvalue weighted by Gasteiger charge is -2.21. The molecule has 1 aromatic heterocycles. The summed E-state index contributed by atoms with van der Waals surface area (Å²) in [5, 5.41) is 3.89. The van der Waals surface area contributed by atoms with Gasteiger partial charge in [-0.1, -0.05) is 13.3 Å². The van der Waals surface area contributed by atoms with Crippen LogP contribution in [0.5, 0.6) is 11.6 Å². The molecule has 0 saturated carbocycles. The van der Waals surface area contributed by atoms with Crippen LogP contribution in [0.25, 0.3) is 11.0 Å². The van der Waals surface area contributed by atoms with Crippen molar-refractivity contribution in [2.75, 3.05) is 26.8 Å². The molecule has 1 fully saturated rings. The fourth-order valence-corrected chi connectivity index (χ4v) is 3.58. The van der Waals surface area contributed by atoms with E-state index in [1.54, 1.807) is 18.2 Å². The number of nitrogens with one attached hydrogen (secondary N) is 1. The maximum atomic E-state index is 15.1. The van der Waals surface area contributed by atoms with E-state index in [1.165, 1.54) is 12.2 Å². The number of halogens is 2. The molecule has 0 radical (unpaired) electrons. The van der Waals surface area contributed by atoms with E-state index in [9.17, 15) is 9.59 Å². The molecule has 1 N–H and O–H groups in total. The number of ether oxygens (including phenoxy) is 2. The van der Waals surface area contributed by atoms with E-state index in [2.05, 4.69) is 15.3 Å². The van der Waals surface area contributed by atoms with E-state index in [1.807, 2.05) is 6.92 Å². The number of fused-ring (bicyclic) bond motifs is 1. The van der Waals surface area contributed by atoms with Crippen molar-refractivity contribution in [1.82, 2.24) is 20.3 Å². The van der Waals surface area contributed by atoms with Crippen molar-refractivity contribution in [3.8, 4) is 11.6 Å². The molecule has 1 aliphatic rings. The summed E-state index contributed by atoms with van der Waals surface area (Å²) in [6.07, 6.45) is 1.44. The predicted molar refractivity (Wildman–Crippen MR) is 115 cm³/mol. The number of carbonyl (C=O) groups excluding carboxylic acids is 2. The number of methoxy groups -OCH3 is 1. The zero-order valence-electron chi connectivity index (χ0n) is 18.6. The minimum atomic E-state index is -3.23. The maximum absolute atomic E-state index is 15.1. The summed E-state index contributed by atoms with van der Waals surface area (Å²) in [6.45, 7) is 2.43. The Kier molecular flexibility index (Phi) is 8.45. The van der Waals surface area contributed by atoms with E-state index in [0.29, 0.717) is 42.3 Å². The molecule has 1 saturated heterocycles. The number of rotatable bonds is 13. The molecule has 9 nitrogen and oxygen atoms in total. The number of amides is 1. The quantitative estimate of drug-likeness (QED) is 0.355. The van der Waals surface area contributed by atoms with Crippen molar-refractivity contribution in [2.45, 2.75) is 50.7 Å². The molecule has 2 atom stereocenters. The highest BCUT2D eigenvalue weighted by atomic mass is 19.3. The van der Waals surface area contributed by atoms with E-state index < -0.39 is 23.8 Å². The van der Waals surface area contributed by atoms with Crippen molar-refractivity contribution in [3.05, 3.63) is 23.9 Å². The van der Waals surface area contributed by atoms with E-state index in [-0.39, 0.29) is 38.4 Å². The average Bonchev–Trinajstić information content (AvgIpc) is 3.21. The second-order valence-corrected chi connectivity index (χ2v) is 7.72. The number of hydroxylamine groups is 2. The van der Waals surface area contributed by atoms with Crippen LogP contribution in [-0.2, 0) is 20.3 Å². The summed E-state index contributed by atoms with van der Waals surface area (Å²) in [4.78, 5) is 35.9. The highest BCUT2D eigenvalue weighted by Crippen LogP contribution is 2.39. The largest absolute Gasteiger partial charge is 0.497 e. The van der Waals surface area contributed by atoms with E-state index in [4.69, 9.17) is 14.3 Å². The standard InChI is InChI=1S/C22H28F2N4O5/c1-3-4-7-22(23,24)20-21(27-19-11-16(31-2)5-6-18(19)26-20)33-17-10-15(13-29)28(12-17)32-9-8-25-14-30/h5-6,11,13-15,17H,3-4,7-10,12H2,1-2H3,(H,25,30)/t15-,17+/m0/s1. The van der Waals surface area contributed by atoms with E-state index in [0.717, 1.165) is 0 Å². The molecule has 11 heteroatoms. The number of hydrogen-bond acceptors (Lipinski definition) is 8. The molecule has 2 aromatic rings. The van der Waals surface area contributed by atoms with Gasteiger partial charge in [0.05, 0.1) is 37.3 Å². The monoisotopic (exact) mass is 466 g/mol. The lowest BCUT2D eigenvalue weighted by atomic mass is 10.1. The van der Waals surface area contributed by atoms with Gasteiger partial charge < -0.3 is 19.6 Å². The number of unbranched alkanes of at least 4 members (excludes halogenated alkanes) is 1. The molecule has 2 heterocycles. The van der Waals surface area contributed by atoms with Gasteiger partial charge in [-0.2, -0.15) is 13.8 Å². The molecule has 0 spiro atoms. The minimum Gasteiger partial charge on any atom is -0.497 e. The first-order valence-corrected chi connectivity index (χ1v) is 10.8. The van der Waals surface area contributed by atoms with Gasteiger partial charge in [-0.3, -0.25) is 9.63 Å². The Hall–Kier alpha value is -2.92. The van der Waals surface area contributed by atoms with Crippen LogP contribution in [0.3, 0.4) is 0 Å². The second kappa shape index (κ2) is 11.3. The summed E-state index contributed by atoms with van der Waals surface area (Å²) < 4.78 is 41.2. The molecule has 1 aliphatic heterocycles. The summed E-state index contributed by atoms with van der Waals surface area (Å²) in [6, 6.07) is 4.20. The van der Waals surface area contributed by atoms with Crippen LogP contribution in [0.15, 0.2) is 18.2 Å². The lowest BCUT2D eigenvalue weighted by molar-refractivity contribution is -0.170. The van der Waals surface area contributed by atoms with Crippen molar-refractivity contribution < 1.29 is 32.7 Å². The molecule has 180 valence electrons. The van der Waals surface area contributed by atoms with Gasteiger partial charge >= 0.3 is 0 Å². The molecule has 33 heavy (non-hydrogen) atoms. The summed E-state index contributed by atoms with van der Waals surface area (Å²) >= 11 is 0. The van der Waals surface area contributed by atoms with Gasteiger partial charge in [0.2, 0.25) is 12.3 Å². The first-order valence-electron chi connectivity index (χ1n) is 10.8. The number of benzene rings is 1. The summed E-state index contributed by atoms with van der Waals surface area (Å²) in [5.41, 5.74) is 0.141. The third-order valence-corrected chi connectivity index (χ3v) is 5.31. The number of alkyl halides is 2. The van der Waals surface area contributed by atoms with Gasteiger partial charge in [-0.25, -0.2) is 9.97 Å². The molecular formula is C22H28F2N4O5. The Morgan fingerprint density at radius 3 is 2.79 bits per heavy atom.